The van der Waals surface area contributed by atoms with Crippen molar-refractivity contribution in [3.05, 3.63) is 84.2 Å². The molecule has 0 radical (unpaired) electrons. The second kappa shape index (κ2) is 13.5. The first-order valence-electron chi connectivity index (χ1n) is 16.4. The van der Waals surface area contributed by atoms with Gasteiger partial charge in [-0.2, -0.15) is 5.10 Å². The number of hydrogen-bond donors (Lipinski definition) is 1. The van der Waals surface area contributed by atoms with Gasteiger partial charge in [0, 0.05) is 38.4 Å². The topological polar surface area (TPSA) is 115 Å². The molecule has 264 valence electrons. The fourth-order valence-electron chi connectivity index (χ4n) is 6.78. The van der Waals surface area contributed by atoms with Gasteiger partial charge in [0.15, 0.2) is 5.82 Å². The number of ether oxygens (including phenoxy) is 2. The summed E-state index contributed by atoms with van der Waals surface area (Å²) in [6.45, 7) is 4.37. The molecule has 1 aliphatic heterocycles. The van der Waals surface area contributed by atoms with Crippen LogP contribution in [0, 0.1) is 24.4 Å². The zero-order valence-corrected chi connectivity index (χ0v) is 28.7. The van der Waals surface area contributed by atoms with Crippen LogP contribution in [-0.2, 0) is 16.1 Å². The first-order chi connectivity index (χ1) is 24.6. The van der Waals surface area contributed by atoms with E-state index in [1.54, 1.807) is 31.2 Å². The van der Waals surface area contributed by atoms with E-state index >= 15 is 4.39 Å². The molecule has 7 rings (SSSR count). The van der Waals surface area contributed by atoms with E-state index < -0.39 is 29.6 Å². The van der Waals surface area contributed by atoms with E-state index in [9.17, 15) is 13.6 Å². The summed E-state index contributed by atoms with van der Waals surface area (Å²) in [6.07, 6.45) is 2.95. The maximum atomic E-state index is 15.0. The van der Waals surface area contributed by atoms with Crippen molar-refractivity contribution in [1.82, 2.24) is 34.2 Å². The van der Waals surface area contributed by atoms with Gasteiger partial charge in [-0.3, -0.25) is 4.79 Å². The van der Waals surface area contributed by atoms with Crippen LogP contribution < -0.4 is 15.0 Å². The van der Waals surface area contributed by atoms with Gasteiger partial charge in [0.2, 0.25) is 11.8 Å². The van der Waals surface area contributed by atoms with E-state index in [1.807, 2.05) is 29.4 Å². The number of halogens is 3. The molecule has 5 heterocycles. The fourth-order valence-corrected chi connectivity index (χ4v) is 6.78. The van der Waals surface area contributed by atoms with Crippen LogP contribution in [0.3, 0.4) is 0 Å². The van der Waals surface area contributed by atoms with Gasteiger partial charge in [0.1, 0.15) is 40.7 Å². The number of amides is 1. The number of likely N-dealkylation sites (N-methyl/N-ethyl adjacent to an activating group) is 1. The van der Waals surface area contributed by atoms with Crippen molar-refractivity contribution in [3.63, 3.8) is 0 Å². The third kappa shape index (κ3) is 6.07. The predicted octanol–water partition coefficient (Wildman–Crippen LogP) is 5.71. The van der Waals surface area contributed by atoms with Crippen LogP contribution in [0.1, 0.15) is 19.2 Å². The molecule has 2 atom stereocenters. The van der Waals surface area contributed by atoms with Crippen molar-refractivity contribution in [2.24, 2.45) is 0 Å². The average Bonchev–Trinajstić information content (AvgIpc) is 3.68. The highest BCUT2D eigenvalue weighted by Gasteiger charge is 2.33. The van der Waals surface area contributed by atoms with Crippen LogP contribution >= 0.6 is 0 Å². The molecule has 6 aromatic rings. The van der Waals surface area contributed by atoms with E-state index in [0.29, 0.717) is 63.5 Å². The number of aryl methyl sites for hydroxylation is 1. The monoisotopic (exact) mass is 699 g/mol. The molecular formula is C36H36F3N9O3. The predicted molar refractivity (Wildman–Crippen MR) is 186 cm³/mol. The molecule has 15 heteroatoms. The molecule has 51 heavy (non-hydrogen) atoms. The highest BCUT2D eigenvalue weighted by atomic mass is 19.1. The van der Waals surface area contributed by atoms with Crippen molar-refractivity contribution >= 4 is 39.3 Å². The van der Waals surface area contributed by atoms with Crippen LogP contribution in [0.2, 0.25) is 0 Å². The molecule has 2 bridgehead atoms. The van der Waals surface area contributed by atoms with Crippen LogP contribution in [-0.4, -0.2) is 86.7 Å². The maximum Gasteiger partial charge on any atom is 0.245 e. The lowest BCUT2D eigenvalue weighted by molar-refractivity contribution is -0.133. The molecule has 12 nitrogen and oxygen atoms in total. The van der Waals surface area contributed by atoms with E-state index in [0.717, 1.165) is 12.1 Å². The number of aromatic nitrogens is 6. The number of nitrogens with zero attached hydrogens (tertiary/aromatic N) is 8. The molecule has 2 unspecified atom stereocenters. The Morgan fingerprint density at radius 3 is 2.57 bits per heavy atom. The van der Waals surface area contributed by atoms with E-state index in [1.165, 1.54) is 42.4 Å². The first-order valence-corrected chi connectivity index (χ1v) is 16.4. The summed E-state index contributed by atoms with van der Waals surface area (Å²) < 4.78 is 58.8. The molecule has 2 aromatic carbocycles. The number of rotatable bonds is 5. The summed E-state index contributed by atoms with van der Waals surface area (Å²) in [5.41, 5.74) is 3.12. The summed E-state index contributed by atoms with van der Waals surface area (Å²) in [7, 11) is 4.78. The Balaban J connectivity index is 1.40. The number of methoxy groups -OCH3 is 2. The minimum Gasteiger partial charge on any atom is -0.479 e. The number of pyridine rings is 2. The van der Waals surface area contributed by atoms with Crippen molar-refractivity contribution in [2.75, 3.05) is 44.7 Å². The van der Waals surface area contributed by atoms with Gasteiger partial charge >= 0.3 is 0 Å². The number of imidazole rings is 1. The molecule has 0 saturated carbocycles. The minimum absolute atomic E-state index is 0.0244. The highest BCUT2D eigenvalue weighted by Crippen LogP contribution is 2.38. The summed E-state index contributed by atoms with van der Waals surface area (Å²) in [6, 6.07) is 10.7. The van der Waals surface area contributed by atoms with Gasteiger partial charge in [-0.25, -0.2) is 32.8 Å². The third-order valence-electron chi connectivity index (χ3n) is 9.26. The smallest absolute Gasteiger partial charge is 0.245 e. The summed E-state index contributed by atoms with van der Waals surface area (Å²) >= 11 is 0. The normalized spacial score (nSPS) is 17.1. The number of fused-ring (bicyclic) bond motifs is 4. The van der Waals surface area contributed by atoms with Crippen molar-refractivity contribution < 1.29 is 27.4 Å². The first kappa shape index (κ1) is 33.8. The van der Waals surface area contributed by atoms with Crippen LogP contribution in [0.5, 0.6) is 5.88 Å². The minimum atomic E-state index is -0.802. The Bertz CT molecular complexity index is 2270. The lowest BCUT2D eigenvalue weighted by Gasteiger charge is -2.36. The Labute approximate surface area is 291 Å². The second-order valence-electron chi connectivity index (χ2n) is 12.4. The van der Waals surface area contributed by atoms with Crippen molar-refractivity contribution in [3.8, 4) is 22.8 Å². The highest BCUT2D eigenvalue weighted by molar-refractivity contribution is 5.98. The molecule has 1 amide bonds. The number of nitrogens with one attached hydrogen (secondary N) is 1. The number of carbonyl (C=O) groups is 1. The van der Waals surface area contributed by atoms with Gasteiger partial charge < -0.3 is 29.2 Å². The van der Waals surface area contributed by atoms with E-state index in [-0.39, 0.29) is 30.7 Å². The van der Waals surface area contributed by atoms with Gasteiger partial charge in [0.25, 0.3) is 0 Å². The van der Waals surface area contributed by atoms with Crippen LogP contribution in [0.25, 0.3) is 38.9 Å². The average molecular weight is 700 g/mol. The van der Waals surface area contributed by atoms with E-state index in [2.05, 4.69) is 20.4 Å². The van der Waals surface area contributed by atoms with E-state index in [4.69, 9.17) is 14.5 Å². The largest absolute Gasteiger partial charge is 0.479 e. The van der Waals surface area contributed by atoms with Gasteiger partial charge in [-0.15, -0.1) is 0 Å². The molecule has 1 N–H and O–H groups in total. The number of hydrogen-bond acceptors (Lipinski definition) is 9. The molecule has 4 aromatic heterocycles. The van der Waals surface area contributed by atoms with Crippen LogP contribution in [0.15, 0.2) is 60.9 Å². The molecule has 0 aliphatic carbocycles. The standard InChI is InChI=1S/C36H36F3N9O3/c1-6-29-36(49)45(3)17-23(50-4)18-46-20(2)43-28-14-22(38)12-24(33(28)46)27-8-7-9-32(44-27)41-19-47(29)34-25-15-42-48(31(25)16-40-35(34)51-5)30-11-10-21(37)13-26(30)39/h7-16,23,29H,6,17-19H2,1-5H3,(H,41,44). The molecular weight excluding hydrogens is 663 g/mol. The Morgan fingerprint density at radius 2 is 1.82 bits per heavy atom. The Kier molecular flexibility index (Phi) is 8.97. The third-order valence-corrected chi connectivity index (χ3v) is 9.26. The number of anilines is 2. The Morgan fingerprint density at radius 1 is 1.00 bits per heavy atom. The lowest BCUT2D eigenvalue weighted by atomic mass is 10.1. The molecule has 1 aliphatic rings. The summed E-state index contributed by atoms with van der Waals surface area (Å²) in [4.78, 5) is 32.0. The molecule has 0 saturated heterocycles. The molecule has 0 fully saturated rings. The fraction of sp³-hybridized carbons (Fsp3) is 0.306. The lowest BCUT2D eigenvalue weighted by Crippen LogP contribution is -2.51. The zero-order chi connectivity index (χ0) is 36.0. The SMILES string of the molecule is CCC1C(=O)N(C)CC(OC)Cn2c(C)nc3cc(F)cc(c32)-c2cccc(n2)NCN1c1c(OC)ncc2c1cnn2-c1ccc(F)cc1F. The zero-order valence-electron chi connectivity index (χ0n) is 28.7. The number of carbonyl (C=O) groups excluding carboxylic acids is 1. The molecule has 0 spiro atoms. The maximum absolute atomic E-state index is 15.0. The van der Waals surface area contributed by atoms with Crippen LogP contribution in [0.4, 0.5) is 24.7 Å². The number of benzene rings is 2. The summed E-state index contributed by atoms with van der Waals surface area (Å²) in [5.74, 6) is -0.841. The second-order valence-corrected chi connectivity index (χ2v) is 12.4. The quantitative estimate of drug-likeness (QED) is 0.242. The summed E-state index contributed by atoms with van der Waals surface area (Å²) in [5, 5.41) is 8.32. The van der Waals surface area contributed by atoms with Crippen molar-refractivity contribution in [2.45, 2.75) is 39.0 Å². The Hall–Kier alpha value is -5.70. The van der Waals surface area contributed by atoms with Gasteiger partial charge in [0.05, 0.1) is 66.5 Å². The van der Waals surface area contributed by atoms with Gasteiger partial charge in [-0.05, 0) is 43.7 Å². The van der Waals surface area contributed by atoms with Gasteiger partial charge in [-0.1, -0.05) is 13.0 Å². The van der Waals surface area contributed by atoms with Crippen molar-refractivity contribution in [1.29, 1.82) is 0 Å².